The van der Waals surface area contributed by atoms with Crippen molar-refractivity contribution in [1.82, 2.24) is 35.7 Å². The van der Waals surface area contributed by atoms with Crippen LogP contribution in [0.4, 0.5) is 16.6 Å². The zero-order valence-electron chi connectivity index (χ0n) is 43.4. The molecule has 1 unspecified atom stereocenters. The number of nitrogens with zero attached hydrogens (tertiary/aromatic N) is 5. The number of para-hydroxylation sites is 2. The first-order valence-corrected chi connectivity index (χ1v) is 28.1. The predicted molar refractivity (Wildman–Crippen MR) is 297 cm³/mol. The van der Waals surface area contributed by atoms with Gasteiger partial charge in [0.2, 0.25) is 17.7 Å². The number of imide groups is 1. The molecule has 4 bridgehead atoms. The van der Waals surface area contributed by atoms with E-state index in [1.54, 1.807) is 11.7 Å². The zero-order valence-corrected chi connectivity index (χ0v) is 44.3. The fraction of sp³-hybridized carbons (Fsp3) is 0.441. The van der Waals surface area contributed by atoms with E-state index in [9.17, 15) is 24.0 Å². The van der Waals surface area contributed by atoms with Gasteiger partial charge in [0.05, 0.1) is 33.0 Å². The van der Waals surface area contributed by atoms with Crippen molar-refractivity contribution in [3.05, 3.63) is 112 Å². The Morgan fingerprint density at radius 1 is 0.829 bits per heavy atom. The van der Waals surface area contributed by atoms with Crippen molar-refractivity contribution in [2.75, 3.05) is 35.2 Å². The van der Waals surface area contributed by atoms with Gasteiger partial charge >= 0.3 is 0 Å². The van der Waals surface area contributed by atoms with Crippen LogP contribution in [0, 0.1) is 28.6 Å². The molecule has 3 aromatic heterocycles. The lowest BCUT2D eigenvalue weighted by Crippen LogP contribution is -2.50. The lowest BCUT2D eigenvalue weighted by atomic mass is 9.49. The standard InChI is InChI=1S/C59H67N11O5S/c1-35(62-34-59-29-36-26-37(30-59)28-38(27-36)31-59)44(32-60)40-19-21-49(70-25-23-39-12-10-13-41(45(39)33-70)55(73)67-58-64-46-15-7-8-17-48(46)76-58)65-53(40)57(75)61-24-9-5-3-4-6-18-50(71)63-47-16-11-14-42-52(68-69(2)54(42)47)43-20-22-51(72)66-56(43)74/h7-8,10-17,19,21,32,36-38,43,60,62H,3-6,9,18,20,22-31,33-34H2,1-2H3,(H,61,75)(H,63,71)(H,64,67,73)(H,66,72,74)/b44-35+,60-32?. The average molecular weight is 1040 g/mol. The van der Waals surface area contributed by atoms with E-state index >= 15 is 0 Å². The molecule has 6 aromatic rings. The third-order valence-corrected chi connectivity index (χ3v) is 17.7. The molecule has 6 aliphatic rings. The van der Waals surface area contributed by atoms with E-state index in [4.69, 9.17) is 10.4 Å². The summed E-state index contributed by atoms with van der Waals surface area (Å²) in [6.45, 7) is 4.41. The Kier molecular flexibility index (Phi) is 14.6. The van der Waals surface area contributed by atoms with Gasteiger partial charge in [-0.25, -0.2) is 9.97 Å². The molecule has 0 spiro atoms. The highest BCUT2D eigenvalue weighted by Gasteiger charge is 2.50. The van der Waals surface area contributed by atoms with Gasteiger partial charge in [0, 0.05) is 80.1 Å². The quantitative estimate of drug-likeness (QED) is 0.0256. The number of hydrogen-bond acceptors (Lipinski definition) is 12. The second kappa shape index (κ2) is 21.8. The maximum atomic E-state index is 14.4. The molecular weight excluding hydrogens is 975 g/mol. The van der Waals surface area contributed by atoms with Gasteiger partial charge in [-0.15, -0.1) is 0 Å². The molecule has 2 aliphatic heterocycles. The monoisotopic (exact) mass is 1040 g/mol. The third-order valence-electron chi connectivity index (χ3n) is 16.8. The zero-order chi connectivity index (χ0) is 52.5. The first kappa shape index (κ1) is 50.9. The molecule has 76 heavy (non-hydrogen) atoms. The summed E-state index contributed by atoms with van der Waals surface area (Å²) in [5.41, 5.74) is 8.05. The van der Waals surface area contributed by atoms with Gasteiger partial charge in [0.15, 0.2) is 5.13 Å². The Labute approximate surface area is 446 Å². The number of fused-ring (bicyclic) bond motifs is 3. The summed E-state index contributed by atoms with van der Waals surface area (Å²) in [6.07, 6.45) is 15.0. The van der Waals surface area contributed by atoms with Gasteiger partial charge in [-0.1, -0.05) is 67.0 Å². The van der Waals surface area contributed by atoms with Crippen LogP contribution in [-0.2, 0) is 34.4 Å². The van der Waals surface area contributed by atoms with Gasteiger partial charge in [0.1, 0.15) is 11.5 Å². The molecule has 3 aromatic carbocycles. The van der Waals surface area contributed by atoms with Crippen molar-refractivity contribution in [1.29, 1.82) is 5.41 Å². The van der Waals surface area contributed by atoms with Crippen molar-refractivity contribution < 1.29 is 24.0 Å². The van der Waals surface area contributed by atoms with Crippen LogP contribution in [0.25, 0.3) is 26.7 Å². The lowest BCUT2D eigenvalue weighted by molar-refractivity contribution is -0.134. The minimum atomic E-state index is -0.533. The topological polar surface area (TPSA) is 216 Å². The van der Waals surface area contributed by atoms with Crippen molar-refractivity contribution >= 4 is 90.4 Å². The van der Waals surface area contributed by atoms with Crippen LogP contribution in [0.3, 0.4) is 0 Å². The van der Waals surface area contributed by atoms with Crippen molar-refractivity contribution in [3.63, 3.8) is 0 Å². The lowest BCUT2D eigenvalue weighted by Gasteiger charge is -2.57. The SMILES string of the molecule is C/C(NCC12CC3CC(CC(C3)C1)C2)=C(/C=N)c1ccc(N2CCc3cccc(C(=O)Nc4nc5ccccc5s4)c3C2)nc1C(=O)NCCCCCCCC(=O)Nc1cccc2c(C3CCC(=O)NC3=O)nn(C)c12. The first-order chi connectivity index (χ1) is 36.9. The largest absolute Gasteiger partial charge is 0.387 e. The van der Waals surface area contributed by atoms with E-state index < -0.39 is 5.92 Å². The third kappa shape index (κ3) is 10.6. The average Bonchev–Trinajstić information content (AvgIpc) is 4.01. The molecule has 4 saturated carbocycles. The number of benzene rings is 3. The maximum Gasteiger partial charge on any atom is 0.270 e. The van der Waals surface area contributed by atoms with E-state index in [2.05, 4.69) is 47.6 Å². The van der Waals surface area contributed by atoms with Gasteiger partial charge in [-0.3, -0.25) is 39.3 Å². The second-order valence-electron chi connectivity index (χ2n) is 22.1. The number of pyridine rings is 1. The van der Waals surface area contributed by atoms with E-state index in [0.717, 1.165) is 87.9 Å². The smallest absolute Gasteiger partial charge is 0.270 e. The maximum absolute atomic E-state index is 14.4. The number of hydrogen-bond donors (Lipinski definition) is 6. The number of unbranched alkanes of at least 4 members (excludes halogenated alkanes) is 4. The fourth-order valence-electron chi connectivity index (χ4n) is 13.5. The molecular formula is C59H67N11O5S. The van der Waals surface area contributed by atoms with Crippen molar-refractivity contribution in [2.45, 2.75) is 116 Å². The minimum absolute atomic E-state index is 0.106. The highest BCUT2D eigenvalue weighted by Crippen LogP contribution is 2.59. The summed E-state index contributed by atoms with van der Waals surface area (Å²) in [5.74, 6) is 1.32. The Bertz CT molecular complexity index is 3230. The number of anilines is 3. The molecule has 16 nitrogen and oxygen atoms in total. The molecule has 5 heterocycles. The molecule has 17 heteroatoms. The van der Waals surface area contributed by atoms with Crippen molar-refractivity contribution in [3.8, 4) is 0 Å². The molecule has 1 atom stereocenters. The molecule has 1 saturated heterocycles. The Balaban J connectivity index is 0.734. The second-order valence-corrected chi connectivity index (χ2v) is 23.1. The van der Waals surface area contributed by atoms with Crippen LogP contribution in [0.15, 0.2) is 78.5 Å². The van der Waals surface area contributed by atoms with E-state index in [-0.39, 0.29) is 47.1 Å². The van der Waals surface area contributed by atoms with E-state index in [1.165, 1.54) is 56.1 Å². The van der Waals surface area contributed by atoms with Crippen LogP contribution in [-0.4, -0.2) is 75.1 Å². The Hall–Kier alpha value is -7.27. The first-order valence-electron chi connectivity index (χ1n) is 27.3. The molecule has 0 radical (unpaired) electrons. The van der Waals surface area contributed by atoms with E-state index in [1.807, 2.05) is 73.7 Å². The highest BCUT2D eigenvalue weighted by molar-refractivity contribution is 7.22. The number of aromatic nitrogens is 4. The molecule has 4 aliphatic carbocycles. The summed E-state index contributed by atoms with van der Waals surface area (Å²) in [4.78, 5) is 77.8. The number of aryl methyl sites for hydroxylation is 1. The molecule has 5 amide bonds. The number of nitrogens with one attached hydrogen (secondary N) is 6. The molecule has 6 N–H and O–H groups in total. The predicted octanol–water partition coefficient (Wildman–Crippen LogP) is 9.81. The number of amides is 5. The highest BCUT2D eigenvalue weighted by atomic mass is 32.1. The van der Waals surface area contributed by atoms with Crippen molar-refractivity contribution in [2.24, 2.45) is 30.2 Å². The van der Waals surface area contributed by atoms with Gasteiger partial charge < -0.3 is 26.3 Å². The normalized spacial score (nSPS) is 22.0. The Morgan fingerprint density at radius 3 is 2.37 bits per heavy atom. The number of thiazole rings is 1. The fourth-order valence-corrected chi connectivity index (χ4v) is 14.4. The summed E-state index contributed by atoms with van der Waals surface area (Å²) in [6, 6.07) is 23.1. The summed E-state index contributed by atoms with van der Waals surface area (Å²) in [7, 11) is 1.79. The van der Waals surface area contributed by atoms with Crippen LogP contribution >= 0.6 is 11.3 Å². The number of carbonyl (C=O) groups is 5. The number of carbonyl (C=O) groups excluding carboxylic acids is 5. The Morgan fingerprint density at radius 2 is 1.59 bits per heavy atom. The number of rotatable bonds is 19. The van der Waals surface area contributed by atoms with Crippen LogP contribution in [0.5, 0.6) is 0 Å². The van der Waals surface area contributed by atoms with E-state index in [0.29, 0.717) is 84.3 Å². The molecule has 5 fully saturated rings. The summed E-state index contributed by atoms with van der Waals surface area (Å²) in [5, 5.41) is 30.1. The summed E-state index contributed by atoms with van der Waals surface area (Å²) >= 11 is 1.44. The number of piperidine rings is 1. The van der Waals surface area contributed by atoms with Crippen LogP contribution in [0.1, 0.15) is 146 Å². The minimum Gasteiger partial charge on any atom is -0.387 e. The molecule has 12 rings (SSSR count). The summed E-state index contributed by atoms with van der Waals surface area (Å²) < 4.78 is 2.68. The van der Waals surface area contributed by atoms with Gasteiger partial charge in [-0.2, -0.15) is 5.10 Å². The number of allylic oxidation sites excluding steroid dienone is 2. The molecule has 394 valence electrons. The van der Waals surface area contributed by atoms with Gasteiger partial charge in [0.25, 0.3) is 11.8 Å². The van der Waals surface area contributed by atoms with Crippen LogP contribution < -0.4 is 31.5 Å². The van der Waals surface area contributed by atoms with Gasteiger partial charge in [-0.05, 0) is 142 Å². The van der Waals surface area contributed by atoms with Crippen LogP contribution in [0.2, 0.25) is 0 Å².